The standard InChI is InChI=1S/C47H29N3Se/c1-4-11-30(12-5-1)31-19-22-35(23-20-31)46-48-45(34-15-8-3-9-16-34)49-47(50-46)37-26-27-38-36(29-37)24-21-33-25-28-41-40-18-10-17-39(32-13-6-2-7-14-32)43(40)51-44(41)42(33)38/h1-29H. The summed E-state index contributed by atoms with van der Waals surface area (Å²) >= 11 is 0.174. The van der Waals surface area contributed by atoms with E-state index in [-0.39, 0.29) is 14.5 Å². The van der Waals surface area contributed by atoms with Crippen molar-refractivity contribution < 1.29 is 0 Å². The van der Waals surface area contributed by atoms with Gasteiger partial charge in [0, 0.05) is 0 Å². The Morgan fingerprint density at radius 1 is 0.314 bits per heavy atom. The third kappa shape index (κ3) is 5.25. The summed E-state index contributed by atoms with van der Waals surface area (Å²) in [4.78, 5) is 15.1. The summed E-state index contributed by atoms with van der Waals surface area (Å²) in [5.74, 6) is 1.98. The Bertz CT molecular complexity index is 2880. The smallest absolute Gasteiger partial charge is 0.0617 e. The van der Waals surface area contributed by atoms with E-state index in [0.29, 0.717) is 17.5 Å². The first-order valence-electron chi connectivity index (χ1n) is 17.1. The minimum absolute atomic E-state index is 0.174. The molecule has 10 aromatic rings. The van der Waals surface area contributed by atoms with Crippen LogP contribution in [0, 0.1) is 0 Å². The predicted molar refractivity (Wildman–Crippen MR) is 214 cm³/mol. The van der Waals surface area contributed by atoms with Crippen LogP contribution in [0.25, 0.3) is 97.3 Å². The molecule has 0 bridgehead atoms. The molecule has 10 rings (SSSR count). The summed E-state index contributed by atoms with van der Waals surface area (Å²) < 4.78 is 2.93. The van der Waals surface area contributed by atoms with Gasteiger partial charge in [0.2, 0.25) is 0 Å². The van der Waals surface area contributed by atoms with Crippen molar-refractivity contribution in [1.82, 2.24) is 15.0 Å². The normalized spacial score (nSPS) is 11.5. The van der Waals surface area contributed by atoms with E-state index < -0.39 is 0 Å². The number of hydrogen-bond acceptors (Lipinski definition) is 3. The van der Waals surface area contributed by atoms with Crippen molar-refractivity contribution in [3.05, 3.63) is 176 Å². The van der Waals surface area contributed by atoms with Crippen LogP contribution in [0.4, 0.5) is 0 Å². The summed E-state index contributed by atoms with van der Waals surface area (Å²) in [5, 5.41) is 7.80. The molecule has 8 aromatic carbocycles. The summed E-state index contributed by atoms with van der Waals surface area (Å²) in [5.41, 5.74) is 7.84. The molecule has 4 heteroatoms. The molecule has 51 heavy (non-hydrogen) atoms. The van der Waals surface area contributed by atoms with Gasteiger partial charge < -0.3 is 0 Å². The second-order valence-electron chi connectivity index (χ2n) is 12.8. The number of rotatable bonds is 5. The second-order valence-corrected chi connectivity index (χ2v) is 14.9. The molecule has 0 aliphatic heterocycles. The Balaban J connectivity index is 1.12. The Labute approximate surface area is 301 Å². The molecule has 0 saturated heterocycles. The van der Waals surface area contributed by atoms with Crippen molar-refractivity contribution in [2.24, 2.45) is 0 Å². The van der Waals surface area contributed by atoms with Gasteiger partial charge in [0.1, 0.15) is 0 Å². The summed E-state index contributed by atoms with van der Waals surface area (Å²) in [6, 6.07) is 62.4. The molecule has 0 radical (unpaired) electrons. The topological polar surface area (TPSA) is 38.7 Å². The number of hydrogen-bond donors (Lipinski definition) is 0. The van der Waals surface area contributed by atoms with Gasteiger partial charge in [-0.3, -0.25) is 0 Å². The van der Waals surface area contributed by atoms with Gasteiger partial charge in [0.15, 0.2) is 0 Å². The third-order valence-corrected chi connectivity index (χ3v) is 12.4. The summed E-state index contributed by atoms with van der Waals surface area (Å²) in [6.45, 7) is 0. The van der Waals surface area contributed by atoms with Gasteiger partial charge in [-0.05, 0) is 11.1 Å². The minimum atomic E-state index is 0.174. The average molecular weight is 715 g/mol. The van der Waals surface area contributed by atoms with E-state index >= 15 is 0 Å². The molecule has 0 unspecified atom stereocenters. The second kappa shape index (κ2) is 12.3. The Morgan fingerprint density at radius 2 is 0.804 bits per heavy atom. The maximum atomic E-state index is 5.08. The molecular formula is C47H29N3Se. The molecule has 0 N–H and O–H groups in total. The number of aromatic nitrogens is 3. The Hall–Kier alpha value is -6.19. The van der Waals surface area contributed by atoms with Gasteiger partial charge in [0.25, 0.3) is 0 Å². The van der Waals surface area contributed by atoms with E-state index in [9.17, 15) is 0 Å². The molecule has 2 heterocycles. The fourth-order valence-electron chi connectivity index (χ4n) is 7.18. The maximum absolute atomic E-state index is 5.08. The zero-order chi connectivity index (χ0) is 33.7. The molecule has 0 fully saturated rings. The van der Waals surface area contributed by atoms with Crippen LogP contribution in [0.2, 0.25) is 0 Å². The fraction of sp³-hybridized carbons (Fsp3) is 0. The van der Waals surface area contributed by atoms with E-state index in [0.717, 1.165) is 22.3 Å². The monoisotopic (exact) mass is 715 g/mol. The van der Waals surface area contributed by atoms with Gasteiger partial charge in [0.05, 0.1) is 0 Å². The van der Waals surface area contributed by atoms with Crippen LogP contribution in [0.1, 0.15) is 0 Å². The summed E-state index contributed by atoms with van der Waals surface area (Å²) in [6.07, 6.45) is 0. The van der Waals surface area contributed by atoms with Crippen molar-refractivity contribution in [2.45, 2.75) is 0 Å². The quantitative estimate of drug-likeness (QED) is 0.132. The van der Waals surface area contributed by atoms with Gasteiger partial charge in [-0.1, -0.05) is 36.4 Å². The first kappa shape index (κ1) is 29.7. The zero-order valence-corrected chi connectivity index (χ0v) is 29.2. The molecule has 3 nitrogen and oxygen atoms in total. The van der Waals surface area contributed by atoms with E-state index in [1.807, 2.05) is 24.3 Å². The van der Waals surface area contributed by atoms with Crippen molar-refractivity contribution >= 4 is 55.3 Å². The minimum Gasteiger partial charge on any atom is -0.0617 e. The van der Waals surface area contributed by atoms with Gasteiger partial charge in [-0.25, -0.2) is 0 Å². The third-order valence-electron chi connectivity index (χ3n) is 9.72. The van der Waals surface area contributed by atoms with Crippen molar-refractivity contribution in [2.75, 3.05) is 0 Å². The molecule has 0 aliphatic rings. The van der Waals surface area contributed by atoms with Crippen molar-refractivity contribution in [3.63, 3.8) is 0 Å². The molecule has 0 amide bonds. The molecule has 0 spiro atoms. The molecular weight excluding hydrogens is 685 g/mol. The van der Waals surface area contributed by atoms with Crippen LogP contribution in [0.5, 0.6) is 0 Å². The van der Waals surface area contributed by atoms with Crippen LogP contribution < -0.4 is 0 Å². The van der Waals surface area contributed by atoms with E-state index in [2.05, 4.69) is 152 Å². The van der Waals surface area contributed by atoms with Crippen LogP contribution >= 0.6 is 0 Å². The van der Waals surface area contributed by atoms with Crippen LogP contribution in [0.15, 0.2) is 176 Å². The van der Waals surface area contributed by atoms with E-state index in [4.69, 9.17) is 15.0 Å². The van der Waals surface area contributed by atoms with Crippen molar-refractivity contribution in [1.29, 1.82) is 0 Å². The van der Waals surface area contributed by atoms with Crippen LogP contribution in [-0.2, 0) is 0 Å². The van der Waals surface area contributed by atoms with Gasteiger partial charge in [-0.15, -0.1) is 0 Å². The van der Waals surface area contributed by atoms with Crippen molar-refractivity contribution in [3.8, 4) is 56.4 Å². The molecule has 0 aliphatic carbocycles. The number of nitrogens with zero attached hydrogens (tertiary/aromatic N) is 3. The molecule has 0 atom stereocenters. The van der Waals surface area contributed by atoms with Gasteiger partial charge in [-0.2, -0.15) is 0 Å². The number of fused-ring (bicyclic) bond motifs is 7. The first-order chi connectivity index (χ1) is 25.3. The Kier molecular flexibility index (Phi) is 7.16. The van der Waals surface area contributed by atoms with Crippen LogP contribution in [0.3, 0.4) is 0 Å². The number of benzene rings is 8. The SMILES string of the molecule is c1ccc(-c2ccc(-c3nc(-c4ccccc4)nc(-c4ccc5c(ccc6ccc7c8cccc(-c9ccccc9)c8[se]c7c65)c4)n3)cc2)cc1. The van der Waals surface area contributed by atoms with E-state index in [1.165, 1.54) is 57.5 Å². The van der Waals surface area contributed by atoms with E-state index in [1.54, 1.807) is 0 Å². The Morgan fingerprint density at radius 3 is 1.51 bits per heavy atom. The molecule has 2 aromatic heterocycles. The van der Waals surface area contributed by atoms with Gasteiger partial charge >= 0.3 is 255 Å². The zero-order valence-electron chi connectivity index (χ0n) is 27.5. The fourth-order valence-corrected chi connectivity index (χ4v) is 10.1. The molecule has 238 valence electrons. The molecule has 0 saturated carbocycles. The van der Waals surface area contributed by atoms with Crippen LogP contribution in [-0.4, -0.2) is 29.5 Å². The predicted octanol–water partition coefficient (Wildman–Crippen LogP) is 11.9. The summed E-state index contributed by atoms with van der Waals surface area (Å²) in [7, 11) is 0. The first-order valence-corrected chi connectivity index (χ1v) is 18.8. The average Bonchev–Trinajstić information content (AvgIpc) is 3.60.